The van der Waals surface area contributed by atoms with Gasteiger partial charge in [0.05, 0.1) is 5.60 Å². The lowest BCUT2D eigenvalue weighted by atomic mass is 9.80. The normalized spacial score (nSPS) is 29.8. The summed E-state index contributed by atoms with van der Waals surface area (Å²) in [5.74, 6) is 2.51. The van der Waals surface area contributed by atoms with Crippen LogP contribution in [0.4, 0.5) is 0 Å². The second-order valence-corrected chi connectivity index (χ2v) is 7.39. The van der Waals surface area contributed by atoms with Gasteiger partial charge in [-0.25, -0.2) is 0 Å². The average Bonchev–Trinajstić information content (AvgIpc) is 2.88. The summed E-state index contributed by atoms with van der Waals surface area (Å²) in [5.41, 5.74) is 1.75. The van der Waals surface area contributed by atoms with Gasteiger partial charge in [-0.15, -0.1) is 0 Å². The number of ketones is 1. The van der Waals surface area contributed by atoms with Crippen LogP contribution in [0.25, 0.3) is 0 Å². The summed E-state index contributed by atoms with van der Waals surface area (Å²) in [6.45, 7) is 2.68. The van der Waals surface area contributed by atoms with Crippen LogP contribution in [-0.2, 0) is 4.74 Å². The maximum absolute atomic E-state index is 12.8. The van der Waals surface area contributed by atoms with Crippen LogP contribution in [-0.4, -0.2) is 29.5 Å². The Kier molecular flexibility index (Phi) is 4.11. The zero-order valence-corrected chi connectivity index (χ0v) is 13.2. The number of aryl methyl sites for hydroxylation is 1. The van der Waals surface area contributed by atoms with Crippen molar-refractivity contribution in [3.63, 3.8) is 0 Å². The van der Waals surface area contributed by atoms with E-state index >= 15 is 0 Å². The number of benzene rings is 1. The number of hydrogen-bond acceptors (Lipinski definition) is 3. The Bertz CT molecular complexity index is 523. The van der Waals surface area contributed by atoms with Crippen LogP contribution in [0.2, 0.25) is 5.02 Å². The molecule has 2 aliphatic rings. The SMILES string of the molecule is Cc1ccc(Cl)cc1C(=O)C1CCOC2(CCSC2)C1. The number of ether oxygens (including phenoxy) is 1. The Morgan fingerprint density at radius 3 is 3.10 bits per heavy atom. The molecule has 2 heterocycles. The number of halogens is 1. The molecule has 0 N–H and O–H groups in total. The molecule has 2 nitrogen and oxygen atoms in total. The zero-order chi connectivity index (χ0) is 14.2. The van der Waals surface area contributed by atoms with Gasteiger partial charge < -0.3 is 4.74 Å². The van der Waals surface area contributed by atoms with E-state index < -0.39 is 0 Å². The minimum absolute atomic E-state index is 0.0459. The van der Waals surface area contributed by atoms with Crippen LogP contribution in [0, 0.1) is 12.8 Å². The van der Waals surface area contributed by atoms with Gasteiger partial charge >= 0.3 is 0 Å². The fourth-order valence-electron chi connectivity index (χ4n) is 3.19. The van der Waals surface area contributed by atoms with Gasteiger partial charge in [-0.1, -0.05) is 17.7 Å². The lowest BCUT2D eigenvalue weighted by Gasteiger charge is -2.37. The van der Waals surface area contributed by atoms with Gasteiger partial charge in [0.1, 0.15) is 0 Å². The van der Waals surface area contributed by atoms with Crippen molar-refractivity contribution in [3.8, 4) is 0 Å². The van der Waals surface area contributed by atoms with E-state index in [2.05, 4.69) is 0 Å². The summed E-state index contributed by atoms with van der Waals surface area (Å²) in [4.78, 5) is 12.8. The highest BCUT2D eigenvalue weighted by molar-refractivity contribution is 7.99. The first-order valence-electron chi connectivity index (χ1n) is 7.12. The van der Waals surface area contributed by atoms with Gasteiger partial charge in [0.25, 0.3) is 0 Å². The first-order chi connectivity index (χ1) is 9.60. The molecule has 0 aliphatic carbocycles. The maximum Gasteiger partial charge on any atom is 0.166 e. The summed E-state index contributed by atoms with van der Waals surface area (Å²) >= 11 is 7.98. The van der Waals surface area contributed by atoms with Gasteiger partial charge in [-0.3, -0.25) is 4.79 Å². The number of thioether (sulfide) groups is 1. The molecule has 108 valence electrons. The predicted molar refractivity (Wildman–Crippen MR) is 83.9 cm³/mol. The molecule has 1 spiro atoms. The van der Waals surface area contributed by atoms with Crippen molar-refractivity contribution in [3.05, 3.63) is 34.3 Å². The molecule has 0 amide bonds. The van der Waals surface area contributed by atoms with Crippen molar-refractivity contribution in [2.24, 2.45) is 5.92 Å². The maximum atomic E-state index is 12.8. The highest BCUT2D eigenvalue weighted by Gasteiger charge is 2.42. The van der Waals surface area contributed by atoms with Crippen molar-refractivity contribution < 1.29 is 9.53 Å². The standard InChI is InChI=1S/C16H19ClO2S/c1-11-2-3-13(17)8-14(11)15(18)12-4-6-19-16(9-12)5-7-20-10-16/h2-3,8,12H,4-7,9-10H2,1H3. The third-order valence-corrected chi connectivity index (χ3v) is 5.85. The van der Waals surface area contributed by atoms with E-state index in [-0.39, 0.29) is 17.3 Å². The number of rotatable bonds is 2. The van der Waals surface area contributed by atoms with Crippen LogP contribution in [0.3, 0.4) is 0 Å². The Hall–Kier alpha value is -0.510. The van der Waals surface area contributed by atoms with E-state index in [1.54, 1.807) is 0 Å². The highest BCUT2D eigenvalue weighted by atomic mass is 35.5. The lowest BCUT2D eigenvalue weighted by Crippen LogP contribution is -2.42. The largest absolute Gasteiger partial charge is 0.374 e. The third kappa shape index (κ3) is 2.76. The number of Topliss-reactive ketones (excluding diaryl/α,β-unsaturated/α-hetero) is 1. The van der Waals surface area contributed by atoms with Crippen molar-refractivity contribution in [2.75, 3.05) is 18.1 Å². The third-order valence-electron chi connectivity index (χ3n) is 4.40. The first kappa shape index (κ1) is 14.4. The summed E-state index contributed by atoms with van der Waals surface area (Å²) in [7, 11) is 0. The smallest absolute Gasteiger partial charge is 0.166 e. The van der Waals surface area contributed by atoms with Crippen molar-refractivity contribution in [2.45, 2.75) is 31.8 Å². The molecule has 1 aromatic rings. The monoisotopic (exact) mass is 310 g/mol. The lowest BCUT2D eigenvalue weighted by molar-refractivity contribution is -0.0734. The van der Waals surface area contributed by atoms with Gasteiger partial charge in [-0.2, -0.15) is 11.8 Å². The molecule has 2 fully saturated rings. The quantitative estimate of drug-likeness (QED) is 0.768. The van der Waals surface area contributed by atoms with Crippen LogP contribution in [0.5, 0.6) is 0 Å². The molecule has 2 unspecified atom stereocenters. The van der Waals surface area contributed by atoms with Crippen molar-refractivity contribution >= 4 is 29.1 Å². The summed E-state index contributed by atoms with van der Waals surface area (Å²) in [6.07, 6.45) is 2.78. The van der Waals surface area contributed by atoms with E-state index in [1.807, 2.05) is 36.9 Å². The van der Waals surface area contributed by atoms with Crippen LogP contribution in [0.15, 0.2) is 18.2 Å². The zero-order valence-electron chi connectivity index (χ0n) is 11.7. The van der Waals surface area contributed by atoms with E-state index in [4.69, 9.17) is 16.3 Å². The van der Waals surface area contributed by atoms with Crippen LogP contribution >= 0.6 is 23.4 Å². The second kappa shape index (κ2) is 5.70. The van der Waals surface area contributed by atoms with Gasteiger partial charge in [0.2, 0.25) is 0 Å². The number of hydrogen-bond donors (Lipinski definition) is 0. The minimum Gasteiger partial charge on any atom is -0.374 e. The van der Waals surface area contributed by atoms with Crippen molar-refractivity contribution in [1.29, 1.82) is 0 Å². The molecule has 4 heteroatoms. The predicted octanol–water partition coefficient (Wildman–Crippen LogP) is 4.13. The Morgan fingerprint density at radius 2 is 2.35 bits per heavy atom. The molecule has 3 rings (SSSR count). The van der Waals surface area contributed by atoms with Crippen LogP contribution < -0.4 is 0 Å². The van der Waals surface area contributed by atoms with Gasteiger partial charge in [0.15, 0.2) is 5.78 Å². The molecule has 2 atom stereocenters. The molecule has 2 aliphatic heterocycles. The highest BCUT2D eigenvalue weighted by Crippen LogP contribution is 2.41. The summed E-state index contributed by atoms with van der Waals surface area (Å²) < 4.78 is 6.00. The average molecular weight is 311 g/mol. The molecule has 1 aromatic carbocycles. The molecular formula is C16H19ClO2S. The number of carbonyl (C=O) groups excluding carboxylic acids is 1. The Balaban J connectivity index is 1.81. The van der Waals surface area contributed by atoms with Crippen LogP contribution in [0.1, 0.15) is 35.2 Å². The summed E-state index contributed by atoms with van der Waals surface area (Å²) in [5, 5.41) is 0.636. The molecule has 0 saturated carbocycles. The molecular weight excluding hydrogens is 292 g/mol. The Morgan fingerprint density at radius 1 is 1.50 bits per heavy atom. The number of carbonyl (C=O) groups is 1. The van der Waals surface area contributed by atoms with Gasteiger partial charge in [0, 0.05) is 28.9 Å². The van der Waals surface area contributed by atoms with Gasteiger partial charge in [-0.05, 0) is 49.6 Å². The second-order valence-electron chi connectivity index (χ2n) is 5.85. The van der Waals surface area contributed by atoms with E-state index in [0.717, 1.165) is 41.9 Å². The minimum atomic E-state index is -0.0459. The fourth-order valence-corrected chi connectivity index (χ4v) is 4.74. The topological polar surface area (TPSA) is 26.3 Å². The van der Waals surface area contributed by atoms with Crippen molar-refractivity contribution in [1.82, 2.24) is 0 Å². The Labute approximate surface area is 129 Å². The van der Waals surface area contributed by atoms with E-state index in [9.17, 15) is 4.79 Å². The molecule has 2 saturated heterocycles. The van der Waals surface area contributed by atoms with E-state index in [1.165, 1.54) is 0 Å². The summed E-state index contributed by atoms with van der Waals surface area (Å²) in [6, 6.07) is 5.58. The van der Waals surface area contributed by atoms with E-state index in [0.29, 0.717) is 11.6 Å². The molecule has 0 bridgehead atoms. The first-order valence-corrected chi connectivity index (χ1v) is 8.65. The molecule has 0 aromatic heterocycles. The molecule has 20 heavy (non-hydrogen) atoms. The molecule has 0 radical (unpaired) electrons. The fraction of sp³-hybridized carbons (Fsp3) is 0.562.